The van der Waals surface area contributed by atoms with E-state index >= 15 is 0 Å². The van der Waals surface area contributed by atoms with Gasteiger partial charge in [-0.25, -0.2) is 4.79 Å². The summed E-state index contributed by atoms with van der Waals surface area (Å²) in [4.78, 5) is 23.8. The lowest BCUT2D eigenvalue weighted by atomic mass is 10.1. The third-order valence-corrected chi connectivity index (χ3v) is 3.81. The van der Waals surface area contributed by atoms with Crippen LogP contribution in [0.3, 0.4) is 0 Å². The number of benzene rings is 2. The van der Waals surface area contributed by atoms with Gasteiger partial charge in [-0.1, -0.05) is 0 Å². The zero-order chi connectivity index (χ0) is 22.1. The maximum Gasteiger partial charge on any atom is 0.416 e. The first kappa shape index (κ1) is 21.3. The van der Waals surface area contributed by atoms with E-state index in [1.165, 1.54) is 18.2 Å². The molecule has 1 amide bonds. The van der Waals surface area contributed by atoms with Crippen LogP contribution in [0.5, 0.6) is 11.5 Å². The zero-order valence-electron chi connectivity index (χ0n) is 14.7. The van der Waals surface area contributed by atoms with Crippen molar-refractivity contribution in [2.24, 2.45) is 0 Å². The molecule has 0 saturated heterocycles. The van der Waals surface area contributed by atoms with Crippen LogP contribution >= 0.6 is 0 Å². The van der Waals surface area contributed by atoms with Crippen molar-refractivity contribution < 1.29 is 50.1 Å². The minimum absolute atomic E-state index is 0.00507. The maximum atomic E-state index is 12.8. The van der Waals surface area contributed by atoms with Crippen molar-refractivity contribution in [3.63, 3.8) is 0 Å². The van der Waals surface area contributed by atoms with Crippen LogP contribution < -0.4 is 14.8 Å². The molecule has 0 radical (unpaired) electrons. The van der Waals surface area contributed by atoms with Crippen LogP contribution in [0, 0.1) is 0 Å². The van der Waals surface area contributed by atoms with E-state index in [4.69, 9.17) is 14.2 Å². The van der Waals surface area contributed by atoms with Crippen molar-refractivity contribution in [2.75, 3.05) is 18.7 Å². The highest BCUT2D eigenvalue weighted by Gasteiger charge is 2.37. The van der Waals surface area contributed by atoms with Crippen molar-refractivity contribution in [1.29, 1.82) is 0 Å². The summed E-state index contributed by atoms with van der Waals surface area (Å²) in [6.07, 6.45) is -10.1. The molecule has 1 heterocycles. The summed E-state index contributed by atoms with van der Waals surface area (Å²) >= 11 is 0. The lowest BCUT2D eigenvalue weighted by Gasteiger charge is -2.14. The van der Waals surface area contributed by atoms with Gasteiger partial charge >= 0.3 is 18.3 Å². The number of alkyl halides is 6. The Morgan fingerprint density at radius 2 is 1.50 bits per heavy atom. The standard InChI is InChI=1S/C18H11F6NO5/c19-17(20,21)10-4-11(18(22,23)24)6-12(5-10)25-15(26)7-28-16(27)9-1-2-13-14(3-9)30-8-29-13/h1-6H,7-8H2,(H,25,26). The van der Waals surface area contributed by atoms with Gasteiger partial charge in [0.25, 0.3) is 5.91 Å². The topological polar surface area (TPSA) is 73.9 Å². The van der Waals surface area contributed by atoms with Crippen molar-refractivity contribution in [2.45, 2.75) is 12.4 Å². The molecule has 0 atom stereocenters. The molecule has 0 saturated carbocycles. The van der Waals surface area contributed by atoms with E-state index in [0.717, 1.165) is 0 Å². The summed E-state index contributed by atoms with van der Waals surface area (Å²) in [6, 6.07) is 4.66. The lowest BCUT2D eigenvalue weighted by molar-refractivity contribution is -0.143. The van der Waals surface area contributed by atoms with Gasteiger partial charge in [0, 0.05) is 5.69 Å². The fourth-order valence-electron chi connectivity index (χ4n) is 2.46. The summed E-state index contributed by atoms with van der Waals surface area (Å²) in [5.41, 5.74) is -3.93. The molecule has 0 unspecified atom stereocenters. The molecule has 0 bridgehead atoms. The van der Waals surface area contributed by atoms with Gasteiger partial charge in [0.2, 0.25) is 6.79 Å². The Balaban J connectivity index is 1.67. The summed E-state index contributed by atoms with van der Waals surface area (Å²) in [5, 5.41) is 1.85. The second kappa shape index (κ2) is 7.76. The molecule has 0 spiro atoms. The molecule has 3 rings (SSSR count). The number of halogens is 6. The second-order valence-electron chi connectivity index (χ2n) is 5.99. The number of anilines is 1. The van der Waals surface area contributed by atoms with Crippen molar-refractivity contribution in [3.8, 4) is 11.5 Å². The molecule has 6 nitrogen and oxygen atoms in total. The number of fused-ring (bicyclic) bond motifs is 1. The molecule has 1 aliphatic rings. The zero-order valence-corrected chi connectivity index (χ0v) is 14.7. The van der Waals surface area contributed by atoms with E-state index in [0.29, 0.717) is 17.9 Å². The Kier molecular flexibility index (Phi) is 5.51. The average Bonchev–Trinajstić information content (AvgIpc) is 3.12. The van der Waals surface area contributed by atoms with Crippen molar-refractivity contribution >= 4 is 17.6 Å². The first-order valence-electron chi connectivity index (χ1n) is 8.09. The SMILES string of the molecule is O=C(COC(=O)c1ccc2c(c1)OCO2)Nc1cc(C(F)(F)F)cc(C(F)(F)F)c1. The van der Waals surface area contributed by atoms with E-state index in [1.54, 1.807) is 0 Å². The molecule has 1 N–H and O–H groups in total. The molecular weight excluding hydrogens is 424 g/mol. The highest BCUT2D eigenvalue weighted by atomic mass is 19.4. The number of carbonyl (C=O) groups excluding carboxylic acids is 2. The Bertz CT molecular complexity index is 954. The fourth-order valence-corrected chi connectivity index (χ4v) is 2.46. The lowest BCUT2D eigenvalue weighted by Crippen LogP contribution is -2.22. The Morgan fingerprint density at radius 3 is 2.10 bits per heavy atom. The van der Waals surface area contributed by atoms with E-state index in [-0.39, 0.29) is 24.2 Å². The van der Waals surface area contributed by atoms with Crippen LogP contribution in [0.25, 0.3) is 0 Å². The maximum absolute atomic E-state index is 12.8. The summed E-state index contributed by atoms with van der Waals surface area (Å²) < 4.78 is 91.9. The molecule has 0 fully saturated rings. The number of hydrogen-bond donors (Lipinski definition) is 1. The third kappa shape index (κ3) is 4.93. The quantitative estimate of drug-likeness (QED) is 0.574. The van der Waals surface area contributed by atoms with Gasteiger partial charge in [0.15, 0.2) is 18.1 Å². The van der Waals surface area contributed by atoms with Gasteiger partial charge in [-0.3, -0.25) is 4.79 Å². The monoisotopic (exact) mass is 435 g/mol. The minimum Gasteiger partial charge on any atom is -0.454 e. The highest BCUT2D eigenvalue weighted by molar-refractivity contribution is 5.96. The van der Waals surface area contributed by atoms with E-state index in [2.05, 4.69) is 0 Å². The molecule has 12 heteroatoms. The van der Waals surface area contributed by atoms with E-state index in [1.807, 2.05) is 5.32 Å². The molecular formula is C18H11F6NO5. The van der Waals surface area contributed by atoms with Crippen molar-refractivity contribution in [1.82, 2.24) is 0 Å². The normalized spacial score (nSPS) is 13.1. The van der Waals surface area contributed by atoms with Crippen LogP contribution in [-0.2, 0) is 21.9 Å². The summed E-state index contributed by atoms with van der Waals surface area (Å²) in [5.74, 6) is -1.41. The Labute approximate surface area is 164 Å². The number of rotatable bonds is 4. The van der Waals surface area contributed by atoms with Crippen LogP contribution in [0.2, 0.25) is 0 Å². The smallest absolute Gasteiger partial charge is 0.416 e. The average molecular weight is 435 g/mol. The fraction of sp³-hybridized carbons (Fsp3) is 0.222. The van der Waals surface area contributed by atoms with Crippen LogP contribution in [-0.4, -0.2) is 25.3 Å². The summed E-state index contributed by atoms with van der Waals surface area (Å²) in [7, 11) is 0. The molecule has 30 heavy (non-hydrogen) atoms. The van der Waals surface area contributed by atoms with Gasteiger partial charge in [0.1, 0.15) is 0 Å². The molecule has 2 aromatic rings. The molecule has 2 aromatic carbocycles. The number of esters is 1. The number of nitrogens with one attached hydrogen (secondary N) is 1. The number of hydrogen-bond acceptors (Lipinski definition) is 5. The van der Waals surface area contributed by atoms with Crippen LogP contribution in [0.4, 0.5) is 32.0 Å². The molecule has 0 aromatic heterocycles. The van der Waals surface area contributed by atoms with Gasteiger partial charge < -0.3 is 19.5 Å². The molecule has 0 aliphatic carbocycles. The largest absolute Gasteiger partial charge is 0.454 e. The van der Waals surface area contributed by atoms with Gasteiger partial charge in [0.05, 0.1) is 16.7 Å². The van der Waals surface area contributed by atoms with Gasteiger partial charge in [-0.05, 0) is 36.4 Å². The van der Waals surface area contributed by atoms with Crippen LogP contribution in [0.15, 0.2) is 36.4 Å². The third-order valence-electron chi connectivity index (χ3n) is 3.81. The summed E-state index contributed by atoms with van der Waals surface area (Å²) in [6.45, 7) is -0.974. The highest BCUT2D eigenvalue weighted by Crippen LogP contribution is 2.37. The van der Waals surface area contributed by atoms with E-state index in [9.17, 15) is 35.9 Å². The predicted molar refractivity (Wildman–Crippen MR) is 87.9 cm³/mol. The first-order chi connectivity index (χ1) is 13.9. The van der Waals surface area contributed by atoms with Crippen molar-refractivity contribution in [3.05, 3.63) is 53.1 Å². The Hall–Kier alpha value is -3.44. The number of carbonyl (C=O) groups is 2. The minimum atomic E-state index is -5.06. The first-order valence-corrected chi connectivity index (χ1v) is 8.09. The van der Waals surface area contributed by atoms with Crippen LogP contribution in [0.1, 0.15) is 21.5 Å². The van der Waals surface area contributed by atoms with E-state index < -0.39 is 47.7 Å². The van der Waals surface area contributed by atoms with Gasteiger partial charge in [-0.15, -0.1) is 0 Å². The predicted octanol–water partition coefficient (Wildman–Crippen LogP) is 4.25. The van der Waals surface area contributed by atoms with Gasteiger partial charge in [-0.2, -0.15) is 26.3 Å². The molecule has 1 aliphatic heterocycles. The molecule has 160 valence electrons. The second-order valence-corrected chi connectivity index (χ2v) is 5.99. The number of amides is 1. The number of ether oxygens (including phenoxy) is 3. The Morgan fingerprint density at radius 1 is 0.900 bits per heavy atom.